The van der Waals surface area contributed by atoms with Gasteiger partial charge in [0.1, 0.15) is 18.1 Å². The van der Waals surface area contributed by atoms with Gasteiger partial charge in [-0.1, -0.05) is 6.92 Å². The number of fused-ring (bicyclic) bond motifs is 1. The molecule has 0 unspecified atom stereocenters. The SMILES string of the molecule is C[C@H]1C[C@H](n2cnc3c(N)ncnc32)OC12CC(O)C2. The second-order valence-corrected chi connectivity index (χ2v) is 5.92. The molecule has 20 heavy (non-hydrogen) atoms. The van der Waals surface area contributed by atoms with Crippen LogP contribution < -0.4 is 5.73 Å². The van der Waals surface area contributed by atoms with Crippen molar-refractivity contribution < 1.29 is 9.84 Å². The number of rotatable bonds is 1. The monoisotopic (exact) mass is 275 g/mol. The zero-order valence-corrected chi connectivity index (χ0v) is 11.2. The first-order chi connectivity index (χ1) is 9.59. The summed E-state index contributed by atoms with van der Waals surface area (Å²) in [5.41, 5.74) is 6.93. The molecule has 3 N–H and O–H groups in total. The van der Waals surface area contributed by atoms with Gasteiger partial charge in [-0.05, 0) is 12.3 Å². The first-order valence-corrected chi connectivity index (χ1v) is 6.88. The van der Waals surface area contributed by atoms with E-state index in [2.05, 4.69) is 21.9 Å². The fourth-order valence-electron chi connectivity index (χ4n) is 3.44. The molecule has 1 aliphatic heterocycles. The average molecular weight is 275 g/mol. The largest absolute Gasteiger partial charge is 0.393 e. The van der Waals surface area contributed by atoms with Gasteiger partial charge in [-0.15, -0.1) is 0 Å². The smallest absolute Gasteiger partial charge is 0.167 e. The van der Waals surface area contributed by atoms with Gasteiger partial charge < -0.3 is 15.6 Å². The predicted octanol–water partition coefficient (Wildman–Crippen LogP) is 0.857. The Morgan fingerprint density at radius 1 is 1.40 bits per heavy atom. The van der Waals surface area contributed by atoms with Crippen molar-refractivity contribution >= 4 is 17.0 Å². The molecule has 1 saturated heterocycles. The summed E-state index contributed by atoms with van der Waals surface area (Å²) in [7, 11) is 0. The molecule has 3 heterocycles. The van der Waals surface area contributed by atoms with Crippen molar-refractivity contribution in [2.75, 3.05) is 5.73 Å². The molecule has 2 aromatic rings. The Labute approximate surface area is 115 Å². The number of ether oxygens (including phenoxy) is 1. The van der Waals surface area contributed by atoms with Gasteiger partial charge in [-0.25, -0.2) is 15.0 Å². The highest BCUT2D eigenvalue weighted by atomic mass is 16.5. The standard InChI is InChI=1S/C13H17N5O2/c1-7-2-9(20-13(7)3-8(19)4-13)18-6-17-10-11(14)15-5-16-12(10)18/h5-9,19H,2-4H2,1H3,(H2,14,15,16)/t7-,8?,9+,13?/m0/s1. The number of imidazole rings is 1. The molecule has 4 rings (SSSR count). The van der Waals surface area contributed by atoms with Gasteiger partial charge in [-0.2, -0.15) is 0 Å². The fraction of sp³-hybridized carbons (Fsp3) is 0.615. The van der Waals surface area contributed by atoms with Crippen molar-refractivity contribution in [3.63, 3.8) is 0 Å². The molecule has 7 heteroatoms. The van der Waals surface area contributed by atoms with Crippen LogP contribution in [-0.2, 0) is 4.74 Å². The summed E-state index contributed by atoms with van der Waals surface area (Å²) in [5, 5.41) is 9.58. The van der Waals surface area contributed by atoms with Crippen LogP contribution in [0.4, 0.5) is 5.82 Å². The molecule has 1 aliphatic carbocycles. The van der Waals surface area contributed by atoms with Crippen LogP contribution in [0.2, 0.25) is 0 Å². The van der Waals surface area contributed by atoms with Crippen LogP contribution >= 0.6 is 0 Å². The molecule has 0 aromatic carbocycles. The van der Waals surface area contributed by atoms with Gasteiger partial charge in [0, 0.05) is 12.8 Å². The lowest BCUT2D eigenvalue weighted by molar-refractivity contribution is -0.173. The summed E-state index contributed by atoms with van der Waals surface area (Å²) in [6.07, 6.45) is 5.15. The van der Waals surface area contributed by atoms with Crippen molar-refractivity contribution in [3.8, 4) is 0 Å². The molecule has 1 spiro atoms. The molecule has 0 amide bonds. The normalized spacial score (nSPS) is 36.6. The van der Waals surface area contributed by atoms with Crippen LogP contribution in [0.5, 0.6) is 0 Å². The van der Waals surface area contributed by atoms with E-state index < -0.39 is 0 Å². The lowest BCUT2D eigenvalue weighted by atomic mass is 9.70. The number of aliphatic hydroxyl groups is 1. The molecule has 2 aliphatic rings. The average Bonchev–Trinajstić information content (AvgIpc) is 2.92. The van der Waals surface area contributed by atoms with Crippen LogP contribution in [0.1, 0.15) is 32.4 Å². The Morgan fingerprint density at radius 2 is 2.20 bits per heavy atom. The lowest BCUT2D eigenvalue weighted by Gasteiger charge is -2.44. The second-order valence-electron chi connectivity index (χ2n) is 5.92. The predicted molar refractivity (Wildman–Crippen MR) is 71.6 cm³/mol. The van der Waals surface area contributed by atoms with Gasteiger partial charge in [0.2, 0.25) is 0 Å². The van der Waals surface area contributed by atoms with Crippen molar-refractivity contribution in [2.24, 2.45) is 5.92 Å². The second kappa shape index (κ2) is 3.89. The van der Waals surface area contributed by atoms with Crippen LogP contribution in [-0.4, -0.2) is 36.3 Å². The highest BCUT2D eigenvalue weighted by Crippen LogP contribution is 2.52. The maximum absolute atomic E-state index is 9.58. The van der Waals surface area contributed by atoms with Gasteiger partial charge in [0.05, 0.1) is 18.0 Å². The maximum Gasteiger partial charge on any atom is 0.167 e. The zero-order chi connectivity index (χ0) is 13.9. The quantitative estimate of drug-likeness (QED) is 0.800. The third-order valence-electron chi connectivity index (χ3n) is 4.68. The van der Waals surface area contributed by atoms with Gasteiger partial charge in [-0.3, -0.25) is 4.57 Å². The van der Waals surface area contributed by atoms with E-state index in [-0.39, 0.29) is 17.9 Å². The molecule has 1 saturated carbocycles. The number of nitrogens with two attached hydrogens (primary N) is 1. The summed E-state index contributed by atoms with van der Waals surface area (Å²) in [5.74, 6) is 0.793. The molecule has 2 fully saturated rings. The minimum atomic E-state index is -0.228. The first-order valence-electron chi connectivity index (χ1n) is 6.88. The Balaban J connectivity index is 1.69. The molecule has 2 aromatic heterocycles. The number of hydrogen-bond acceptors (Lipinski definition) is 6. The lowest BCUT2D eigenvalue weighted by Crippen LogP contribution is -2.50. The Hall–Kier alpha value is -1.73. The summed E-state index contributed by atoms with van der Waals surface area (Å²) in [6.45, 7) is 2.17. The molecule has 2 atom stereocenters. The van der Waals surface area contributed by atoms with E-state index in [0.29, 0.717) is 35.7 Å². The number of anilines is 1. The highest BCUT2D eigenvalue weighted by molar-refractivity contribution is 5.81. The van der Waals surface area contributed by atoms with Crippen molar-refractivity contribution in [1.82, 2.24) is 19.5 Å². The Morgan fingerprint density at radius 3 is 2.95 bits per heavy atom. The van der Waals surface area contributed by atoms with Crippen molar-refractivity contribution in [3.05, 3.63) is 12.7 Å². The van der Waals surface area contributed by atoms with Gasteiger partial charge >= 0.3 is 0 Å². The third-order valence-corrected chi connectivity index (χ3v) is 4.68. The molecule has 7 nitrogen and oxygen atoms in total. The van der Waals surface area contributed by atoms with E-state index in [1.807, 2.05) is 4.57 Å². The fourth-order valence-corrected chi connectivity index (χ4v) is 3.44. The molecule has 106 valence electrons. The zero-order valence-electron chi connectivity index (χ0n) is 11.2. The molecule has 0 bridgehead atoms. The minimum absolute atomic E-state index is 0.100. The van der Waals surface area contributed by atoms with E-state index in [1.54, 1.807) is 6.33 Å². The number of nitrogen functional groups attached to an aromatic ring is 1. The van der Waals surface area contributed by atoms with Crippen molar-refractivity contribution in [1.29, 1.82) is 0 Å². The van der Waals surface area contributed by atoms with Gasteiger partial charge in [0.15, 0.2) is 11.5 Å². The third kappa shape index (κ3) is 1.50. The van der Waals surface area contributed by atoms with Crippen LogP contribution in [0.15, 0.2) is 12.7 Å². The Bertz CT molecular complexity index is 664. The van der Waals surface area contributed by atoms with E-state index in [9.17, 15) is 5.11 Å². The Kier molecular flexibility index (Phi) is 2.34. The van der Waals surface area contributed by atoms with Crippen LogP contribution in [0.25, 0.3) is 11.2 Å². The van der Waals surface area contributed by atoms with Gasteiger partial charge in [0.25, 0.3) is 0 Å². The molecule has 0 radical (unpaired) electrons. The summed E-state index contributed by atoms with van der Waals surface area (Å²) >= 11 is 0. The van der Waals surface area contributed by atoms with E-state index >= 15 is 0 Å². The summed E-state index contributed by atoms with van der Waals surface area (Å²) < 4.78 is 8.14. The molecular weight excluding hydrogens is 258 g/mol. The van der Waals surface area contributed by atoms with Crippen LogP contribution in [0, 0.1) is 5.92 Å². The minimum Gasteiger partial charge on any atom is -0.393 e. The van der Waals surface area contributed by atoms with Crippen LogP contribution in [0.3, 0.4) is 0 Å². The highest BCUT2D eigenvalue weighted by Gasteiger charge is 2.54. The van der Waals surface area contributed by atoms with E-state index in [1.165, 1.54) is 6.33 Å². The first kappa shape index (κ1) is 12.0. The van der Waals surface area contributed by atoms with E-state index in [4.69, 9.17) is 10.5 Å². The molecular formula is C13H17N5O2. The van der Waals surface area contributed by atoms with E-state index in [0.717, 1.165) is 6.42 Å². The summed E-state index contributed by atoms with van der Waals surface area (Å²) in [4.78, 5) is 12.5. The number of nitrogens with zero attached hydrogens (tertiary/aromatic N) is 4. The number of hydrogen-bond donors (Lipinski definition) is 2. The maximum atomic E-state index is 9.58. The topological polar surface area (TPSA) is 99.1 Å². The number of aliphatic hydroxyl groups excluding tert-OH is 1. The summed E-state index contributed by atoms with van der Waals surface area (Å²) in [6, 6.07) is 0. The van der Waals surface area contributed by atoms with Crippen molar-refractivity contribution in [2.45, 2.75) is 44.1 Å². The number of aromatic nitrogens is 4.